The Hall–Kier alpha value is -1.05. The van der Waals surface area contributed by atoms with Crippen molar-refractivity contribution in [2.24, 2.45) is 11.1 Å². The number of carbonyl (C=O) groups is 1. The fourth-order valence-electron chi connectivity index (χ4n) is 2.02. The van der Waals surface area contributed by atoms with Crippen molar-refractivity contribution < 1.29 is 4.79 Å². The molecule has 0 saturated carbocycles. The molecule has 84 valence electrons. The first-order valence-corrected chi connectivity index (χ1v) is 5.85. The van der Waals surface area contributed by atoms with Crippen LogP contribution >= 0.6 is 0 Å². The van der Waals surface area contributed by atoms with Crippen molar-refractivity contribution in [2.45, 2.75) is 45.4 Å². The molecule has 0 aromatic rings. The molecule has 0 aromatic heterocycles. The van der Waals surface area contributed by atoms with E-state index >= 15 is 0 Å². The zero-order chi connectivity index (χ0) is 11.1. The molecule has 0 saturated heterocycles. The van der Waals surface area contributed by atoms with Gasteiger partial charge in [-0.15, -0.1) is 0 Å². The summed E-state index contributed by atoms with van der Waals surface area (Å²) < 4.78 is 0. The van der Waals surface area contributed by atoms with Gasteiger partial charge in [0.2, 0.25) is 5.91 Å². The zero-order valence-electron chi connectivity index (χ0n) is 9.54. The highest BCUT2D eigenvalue weighted by Crippen LogP contribution is 2.33. The van der Waals surface area contributed by atoms with Gasteiger partial charge in [-0.2, -0.15) is 0 Å². The molecule has 0 bridgehead atoms. The normalized spacial score (nSPS) is 24.3. The molecule has 0 heterocycles. The Kier molecular flexibility index (Phi) is 4.60. The lowest BCUT2D eigenvalue weighted by atomic mass is 9.76. The lowest BCUT2D eigenvalue weighted by molar-refractivity contribution is -0.125. The van der Waals surface area contributed by atoms with E-state index in [0.717, 1.165) is 19.3 Å². The van der Waals surface area contributed by atoms with Gasteiger partial charge >= 0.3 is 0 Å². The van der Waals surface area contributed by atoms with Gasteiger partial charge in [0, 0.05) is 0 Å². The van der Waals surface area contributed by atoms with Gasteiger partial charge in [-0.05, 0) is 12.8 Å². The van der Waals surface area contributed by atoms with Crippen LogP contribution in [0.1, 0.15) is 45.4 Å². The first-order chi connectivity index (χ1) is 7.21. The van der Waals surface area contributed by atoms with Crippen LogP contribution < -0.4 is 5.73 Å². The van der Waals surface area contributed by atoms with Gasteiger partial charge in [0.25, 0.3) is 0 Å². The Labute approximate surface area is 92.2 Å². The summed E-state index contributed by atoms with van der Waals surface area (Å²) in [5.74, 6) is -0.181. The predicted octanol–water partition coefficient (Wildman–Crippen LogP) is 2.94. The highest BCUT2D eigenvalue weighted by Gasteiger charge is 2.32. The minimum absolute atomic E-state index is 0.181. The minimum atomic E-state index is -0.400. The number of amides is 1. The average molecular weight is 207 g/mol. The summed E-state index contributed by atoms with van der Waals surface area (Å²) in [4.78, 5) is 11.5. The van der Waals surface area contributed by atoms with Crippen LogP contribution in [0.5, 0.6) is 0 Å². The number of primary amides is 1. The van der Waals surface area contributed by atoms with Gasteiger partial charge in [0.1, 0.15) is 0 Å². The maximum absolute atomic E-state index is 11.5. The molecule has 0 aromatic carbocycles. The van der Waals surface area contributed by atoms with Gasteiger partial charge in [-0.25, -0.2) is 0 Å². The second-order valence-electron chi connectivity index (χ2n) is 4.32. The predicted molar refractivity (Wildman–Crippen MR) is 63.3 cm³/mol. The SMILES string of the molecule is CCCCCCC1(C(N)=O)C=CC=CC1. The number of carbonyl (C=O) groups excluding carboxylic acids is 1. The third kappa shape index (κ3) is 3.22. The van der Waals surface area contributed by atoms with E-state index in [1.807, 2.05) is 24.3 Å². The number of nitrogens with two attached hydrogens (primary N) is 1. The smallest absolute Gasteiger partial charge is 0.227 e. The van der Waals surface area contributed by atoms with E-state index in [0.29, 0.717) is 0 Å². The van der Waals surface area contributed by atoms with Gasteiger partial charge < -0.3 is 5.73 Å². The van der Waals surface area contributed by atoms with Crippen LogP contribution in [0.25, 0.3) is 0 Å². The molecule has 0 spiro atoms. The third-order valence-corrected chi connectivity index (χ3v) is 3.11. The van der Waals surface area contributed by atoms with E-state index in [-0.39, 0.29) is 5.91 Å². The van der Waals surface area contributed by atoms with E-state index < -0.39 is 5.41 Å². The van der Waals surface area contributed by atoms with Crippen molar-refractivity contribution in [2.75, 3.05) is 0 Å². The van der Waals surface area contributed by atoms with Gasteiger partial charge in [0.15, 0.2) is 0 Å². The van der Waals surface area contributed by atoms with Gasteiger partial charge in [0.05, 0.1) is 5.41 Å². The average Bonchev–Trinajstić information content (AvgIpc) is 2.26. The minimum Gasteiger partial charge on any atom is -0.369 e. The van der Waals surface area contributed by atoms with Crippen molar-refractivity contribution in [3.63, 3.8) is 0 Å². The first-order valence-electron chi connectivity index (χ1n) is 5.85. The molecule has 1 aliphatic carbocycles. The molecule has 2 N–H and O–H groups in total. The van der Waals surface area contributed by atoms with Crippen molar-refractivity contribution in [3.8, 4) is 0 Å². The number of unbranched alkanes of at least 4 members (excludes halogenated alkanes) is 3. The highest BCUT2D eigenvalue weighted by atomic mass is 16.1. The Morgan fingerprint density at radius 2 is 2.13 bits per heavy atom. The van der Waals surface area contributed by atoms with E-state index in [9.17, 15) is 4.79 Å². The van der Waals surface area contributed by atoms with Gasteiger partial charge in [-0.3, -0.25) is 4.79 Å². The Morgan fingerprint density at radius 1 is 1.33 bits per heavy atom. The lowest BCUT2D eigenvalue weighted by Gasteiger charge is -2.27. The van der Waals surface area contributed by atoms with E-state index in [4.69, 9.17) is 5.73 Å². The van der Waals surface area contributed by atoms with Crippen LogP contribution in [0.4, 0.5) is 0 Å². The summed E-state index contributed by atoms with van der Waals surface area (Å²) in [5, 5.41) is 0. The molecule has 1 unspecified atom stereocenters. The monoisotopic (exact) mass is 207 g/mol. The second-order valence-corrected chi connectivity index (χ2v) is 4.32. The number of hydrogen-bond donors (Lipinski definition) is 1. The molecular weight excluding hydrogens is 186 g/mol. The fraction of sp³-hybridized carbons (Fsp3) is 0.615. The van der Waals surface area contributed by atoms with Crippen molar-refractivity contribution in [1.29, 1.82) is 0 Å². The maximum atomic E-state index is 11.5. The van der Waals surface area contributed by atoms with Gasteiger partial charge in [-0.1, -0.05) is 56.9 Å². The topological polar surface area (TPSA) is 43.1 Å². The Bertz CT molecular complexity index is 268. The summed E-state index contributed by atoms with van der Waals surface area (Å²) in [6, 6.07) is 0. The largest absolute Gasteiger partial charge is 0.369 e. The second kappa shape index (κ2) is 5.74. The molecule has 1 atom stereocenters. The fourth-order valence-corrected chi connectivity index (χ4v) is 2.02. The van der Waals surface area contributed by atoms with Crippen LogP contribution in [-0.4, -0.2) is 5.91 Å². The van der Waals surface area contributed by atoms with E-state index in [1.165, 1.54) is 19.3 Å². The van der Waals surface area contributed by atoms with E-state index in [1.54, 1.807) is 0 Å². The van der Waals surface area contributed by atoms with Crippen LogP contribution in [-0.2, 0) is 4.79 Å². The quantitative estimate of drug-likeness (QED) is 0.668. The summed E-state index contributed by atoms with van der Waals surface area (Å²) in [7, 11) is 0. The number of hydrogen-bond acceptors (Lipinski definition) is 1. The summed E-state index contributed by atoms with van der Waals surface area (Å²) in [6.45, 7) is 2.19. The highest BCUT2D eigenvalue weighted by molar-refractivity contribution is 5.83. The maximum Gasteiger partial charge on any atom is 0.227 e. The molecule has 0 fully saturated rings. The molecule has 0 aliphatic heterocycles. The molecule has 1 aliphatic rings. The Morgan fingerprint density at radius 3 is 2.67 bits per heavy atom. The zero-order valence-corrected chi connectivity index (χ0v) is 9.54. The molecule has 2 heteroatoms. The summed E-state index contributed by atoms with van der Waals surface area (Å²) >= 11 is 0. The van der Waals surface area contributed by atoms with Crippen molar-refractivity contribution in [1.82, 2.24) is 0 Å². The summed E-state index contributed by atoms with van der Waals surface area (Å²) in [5.41, 5.74) is 5.09. The Balaban J connectivity index is 2.48. The first kappa shape index (κ1) is 12.0. The molecule has 15 heavy (non-hydrogen) atoms. The standard InChI is InChI=1S/C13H21NO/c1-2-3-4-6-9-13(12(14)15)10-7-5-8-11-13/h5,7-8,10H,2-4,6,9,11H2,1H3,(H2,14,15). The van der Waals surface area contributed by atoms with Crippen molar-refractivity contribution >= 4 is 5.91 Å². The summed E-state index contributed by atoms with van der Waals surface area (Å²) in [6.07, 6.45) is 14.3. The molecule has 1 amide bonds. The number of rotatable bonds is 6. The van der Waals surface area contributed by atoms with Crippen LogP contribution in [0, 0.1) is 5.41 Å². The molecule has 0 radical (unpaired) electrons. The molecule has 2 nitrogen and oxygen atoms in total. The lowest BCUT2D eigenvalue weighted by Crippen LogP contribution is -2.35. The van der Waals surface area contributed by atoms with Crippen LogP contribution in [0.3, 0.4) is 0 Å². The van der Waals surface area contributed by atoms with Crippen LogP contribution in [0.2, 0.25) is 0 Å². The molecular formula is C13H21NO. The van der Waals surface area contributed by atoms with E-state index in [2.05, 4.69) is 6.92 Å². The van der Waals surface area contributed by atoms with Crippen LogP contribution in [0.15, 0.2) is 24.3 Å². The third-order valence-electron chi connectivity index (χ3n) is 3.11. The van der Waals surface area contributed by atoms with Crippen molar-refractivity contribution in [3.05, 3.63) is 24.3 Å². The molecule has 1 rings (SSSR count). The number of allylic oxidation sites excluding steroid dienone is 3.